The molecule has 0 radical (unpaired) electrons. The van der Waals surface area contributed by atoms with Crippen molar-refractivity contribution in [1.82, 2.24) is 4.98 Å². The molecule has 80 valence electrons. The second-order valence-electron chi connectivity index (χ2n) is 3.98. The Morgan fingerprint density at radius 1 is 1.20 bits per heavy atom. The van der Waals surface area contributed by atoms with Crippen molar-refractivity contribution in [3.05, 3.63) is 36.0 Å². The summed E-state index contributed by atoms with van der Waals surface area (Å²) in [6.07, 6.45) is 3.40. The van der Waals surface area contributed by atoms with Gasteiger partial charge in [0.05, 0.1) is 5.60 Å². The van der Waals surface area contributed by atoms with Gasteiger partial charge in [0.25, 0.3) is 0 Å². The van der Waals surface area contributed by atoms with Crippen molar-refractivity contribution in [1.29, 1.82) is 0 Å². The minimum absolute atomic E-state index is 0.693. The molecule has 2 rings (SSSR count). The van der Waals surface area contributed by atoms with Crippen LogP contribution in [0, 0.1) is 0 Å². The fraction of sp³-hybridized carbons (Fsp3) is 0.385. The van der Waals surface area contributed by atoms with Crippen LogP contribution < -0.4 is 0 Å². The van der Waals surface area contributed by atoms with E-state index in [0.717, 1.165) is 29.3 Å². The number of aromatic amines is 1. The van der Waals surface area contributed by atoms with E-state index >= 15 is 0 Å². The van der Waals surface area contributed by atoms with Crippen LogP contribution in [0.4, 0.5) is 0 Å². The molecule has 0 bridgehead atoms. The largest absolute Gasteiger partial charge is 0.385 e. The molecule has 1 heterocycles. The van der Waals surface area contributed by atoms with Gasteiger partial charge in [-0.1, -0.05) is 26.0 Å². The Morgan fingerprint density at radius 3 is 2.60 bits per heavy atom. The molecular weight excluding hydrogens is 186 g/mol. The third-order valence-electron chi connectivity index (χ3n) is 3.27. The van der Waals surface area contributed by atoms with Crippen molar-refractivity contribution in [2.75, 3.05) is 0 Å². The van der Waals surface area contributed by atoms with Crippen molar-refractivity contribution in [3.63, 3.8) is 0 Å². The standard InChI is InChI=1S/C13H17NO/c1-3-13(15,4-2)11-6-5-7-12-10(11)8-9-14-12/h5-9,14-15H,3-4H2,1-2H3. The zero-order chi connectivity index (χ0) is 10.9. The van der Waals surface area contributed by atoms with Crippen LogP contribution in [0.25, 0.3) is 10.9 Å². The number of fused-ring (bicyclic) bond motifs is 1. The van der Waals surface area contributed by atoms with E-state index in [1.54, 1.807) is 0 Å². The topological polar surface area (TPSA) is 36.0 Å². The number of nitrogens with one attached hydrogen (secondary N) is 1. The van der Waals surface area contributed by atoms with E-state index in [4.69, 9.17) is 0 Å². The molecule has 0 spiro atoms. The first-order valence-electron chi connectivity index (χ1n) is 5.50. The Morgan fingerprint density at radius 2 is 1.93 bits per heavy atom. The van der Waals surface area contributed by atoms with Gasteiger partial charge in [-0.3, -0.25) is 0 Å². The molecule has 1 aromatic carbocycles. The fourth-order valence-electron chi connectivity index (χ4n) is 2.12. The minimum atomic E-state index is -0.693. The Hall–Kier alpha value is -1.28. The number of aliphatic hydroxyl groups is 1. The van der Waals surface area contributed by atoms with Crippen LogP contribution in [0.15, 0.2) is 30.5 Å². The molecule has 0 amide bonds. The summed E-state index contributed by atoms with van der Waals surface area (Å²) in [6, 6.07) is 8.07. The summed E-state index contributed by atoms with van der Waals surface area (Å²) >= 11 is 0. The summed E-state index contributed by atoms with van der Waals surface area (Å²) in [5.41, 5.74) is 1.43. The molecule has 1 aromatic heterocycles. The highest BCUT2D eigenvalue weighted by Gasteiger charge is 2.26. The van der Waals surface area contributed by atoms with Gasteiger partial charge in [0, 0.05) is 17.1 Å². The molecule has 2 N–H and O–H groups in total. The highest BCUT2D eigenvalue weighted by atomic mass is 16.3. The van der Waals surface area contributed by atoms with Gasteiger partial charge in [0.2, 0.25) is 0 Å². The average Bonchev–Trinajstić information content (AvgIpc) is 2.75. The van der Waals surface area contributed by atoms with Crippen molar-refractivity contribution < 1.29 is 5.11 Å². The third kappa shape index (κ3) is 1.55. The van der Waals surface area contributed by atoms with Crippen molar-refractivity contribution in [2.24, 2.45) is 0 Å². The van der Waals surface area contributed by atoms with Crippen molar-refractivity contribution in [2.45, 2.75) is 32.3 Å². The maximum atomic E-state index is 10.5. The molecule has 0 aliphatic heterocycles. The fourth-order valence-corrected chi connectivity index (χ4v) is 2.12. The lowest BCUT2D eigenvalue weighted by molar-refractivity contribution is 0.0299. The van der Waals surface area contributed by atoms with E-state index < -0.39 is 5.60 Å². The normalized spacial score (nSPS) is 12.2. The summed E-state index contributed by atoms with van der Waals surface area (Å²) in [7, 11) is 0. The molecule has 0 fully saturated rings. The van der Waals surface area contributed by atoms with E-state index in [2.05, 4.69) is 4.98 Å². The first-order chi connectivity index (χ1) is 7.21. The quantitative estimate of drug-likeness (QED) is 0.789. The zero-order valence-electron chi connectivity index (χ0n) is 9.25. The van der Waals surface area contributed by atoms with Crippen molar-refractivity contribution in [3.8, 4) is 0 Å². The second-order valence-corrected chi connectivity index (χ2v) is 3.98. The summed E-state index contributed by atoms with van der Waals surface area (Å²) < 4.78 is 0. The van der Waals surface area contributed by atoms with Crippen LogP contribution >= 0.6 is 0 Å². The summed E-state index contributed by atoms with van der Waals surface area (Å²) in [6.45, 7) is 4.05. The van der Waals surface area contributed by atoms with Crippen LogP contribution in [0.3, 0.4) is 0 Å². The van der Waals surface area contributed by atoms with Crippen LogP contribution in [-0.2, 0) is 5.60 Å². The van der Waals surface area contributed by atoms with Gasteiger partial charge in [-0.2, -0.15) is 0 Å². The molecule has 0 saturated heterocycles. The maximum Gasteiger partial charge on any atom is 0.0897 e. The zero-order valence-corrected chi connectivity index (χ0v) is 9.25. The van der Waals surface area contributed by atoms with E-state index in [9.17, 15) is 5.11 Å². The molecule has 0 aliphatic carbocycles. The first kappa shape index (κ1) is 10.2. The lowest BCUT2D eigenvalue weighted by Crippen LogP contribution is -2.23. The average molecular weight is 203 g/mol. The maximum absolute atomic E-state index is 10.5. The van der Waals surface area contributed by atoms with Crippen LogP contribution in [0.2, 0.25) is 0 Å². The molecule has 0 unspecified atom stereocenters. The van der Waals surface area contributed by atoms with Gasteiger partial charge in [-0.05, 0) is 30.5 Å². The van der Waals surface area contributed by atoms with Gasteiger partial charge in [0.1, 0.15) is 0 Å². The van der Waals surface area contributed by atoms with Gasteiger partial charge in [-0.15, -0.1) is 0 Å². The highest BCUT2D eigenvalue weighted by molar-refractivity contribution is 5.83. The second kappa shape index (κ2) is 3.70. The lowest BCUT2D eigenvalue weighted by atomic mass is 9.86. The van der Waals surface area contributed by atoms with Gasteiger partial charge < -0.3 is 10.1 Å². The predicted octanol–water partition coefficient (Wildman–Crippen LogP) is 3.18. The Labute approximate surface area is 89.9 Å². The van der Waals surface area contributed by atoms with Crippen LogP contribution in [-0.4, -0.2) is 10.1 Å². The number of aromatic nitrogens is 1. The number of benzene rings is 1. The Kier molecular flexibility index (Phi) is 2.53. The first-order valence-corrected chi connectivity index (χ1v) is 5.50. The molecule has 15 heavy (non-hydrogen) atoms. The van der Waals surface area contributed by atoms with E-state index in [1.807, 2.05) is 44.3 Å². The smallest absolute Gasteiger partial charge is 0.0897 e. The molecule has 0 aliphatic rings. The number of hydrogen-bond donors (Lipinski definition) is 2. The van der Waals surface area contributed by atoms with Gasteiger partial charge in [-0.25, -0.2) is 0 Å². The molecule has 0 saturated carbocycles. The Balaban J connectivity index is 2.64. The van der Waals surface area contributed by atoms with Gasteiger partial charge in [0.15, 0.2) is 0 Å². The number of H-pyrrole nitrogens is 1. The number of rotatable bonds is 3. The Bertz CT molecular complexity index is 454. The summed E-state index contributed by atoms with van der Waals surface area (Å²) in [5.74, 6) is 0. The predicted molar refractivity (Wildman–Crippen MR) is 62.8 cm³/mol. The molecule has 0 atom stereocenters. The van der Waals surface area contributed by atoms with Crippen LogP contribution in [0.1, 0.15) is 32.3 Å². The SMILES string of the molecule is CCC(O)(CC)c1cccc2[nH]ccc12. The summed E-state index contributed by atoms with van der Waals surface area (Å²) in [4.78, 5) is 3.17. The lowest BCUT2D eigenvalue weighted by Gasteiger charge is -2.26. The number of hydrogen-bond acceptors (Lipinski definition) is 1. The monoisotopic (exact) mass is 203 g/mol. The third-order valence-corrected chi connectivity index (χ3v) is 3.27. The molecule has 2 aromatic rings. The van der Waals surface area contributed by atoms with Crippen LogP contribution in [0.5, 0.6) is 0 Å². The minimum Gasteiger partial charge on any atom is -0.385 e. The molecular formula is C13H17NO. The van der Waals surface area contributed by atoms with E-state index in [0.29, 0.717) is 0 Å². The van der Waals surface area contributed by atoms with E-state index in [1.165, 1.54) is 0 Å². The van der Waals surface area contributed by atoms with Crippen molar-refractivity contribution >= 4 is 10.9 Å². The molecule has 2 nitrogen and oxygen atoms in total. The highest BCUT2D eigenvalue weighted by Crippen LogP contribution is 2.33. The summed E-state index contributed by atoms with van der Waals surface area (Å²) in [5, 5.41) is 11.6. The van der Waals surface area contributed by atoms with Gasteiger partial charge >= 0.3 is 0 Å². The van der Waals surface area contributed by atoms with E-state index in [-0.39, 0.29) is 0 Å². The molecule has 2 heteroatoms.